The highest BCUT2D eigenvalue weighted by molar-refractivity contribution is 7.61. The van der Waals surface area contributed by atoms with E-state index in [9.17, 15) is 4.57 Å². The minimum atomic E-state index is -2.45. The number of rotatable bonds is 16. The highest BCUT2D eigenvalue weighted by Gasteiger charge is 2.23. The van der Waals surface area contributed by atoms with Crippen LogP contribution in [0.15, 0.2) is 136 Å². The van der Waals surface area contributed by atoms with Gasteiger partial charge in [-0.15, -0.1) is 0 Å². The monoisotopic (exact) mass is 578 g/mol. The van der Waals surface area contributed by atoms with Gasteiger partial charge in [0.25, 0.3) is 0 Å². The molecule has 0 spiro atoms. The Balaban J connectivity index is 2.05. The summed E-state index contributed by atoms with van der Waals surface area (Å²) in [5.74, 6) is 2.51. The van der Waals surface area contributed by atoms with E-state index >= 15 is 0 Å². The van der Waals surface area contributed by atoms with Gasteiger partial charge in [0.15, 0.2) is 0 Å². The van der Waals surface area contributed by atoms with E-state index in [4.69, 9.17) is 18.9 Å². The van der Waals surface area contributed by atoms with Crippen molar-refractivity contribution in [3.05, 3.63) is 136 Å². The Bertz CT molecular complexity index is 1580. The lowest BCUT2D eigenvalue weighted by atomic mass is 9.93. The lowest BCUT2D eigenvalue weighted by Crippen LogP contribution is -2.12. The molecule has 214 valence electrons. The second-order valence-corrected chi connectivity index (χ2v) is 10.9. The first-order valence-electron chi connectivity index (χ1n) is 13.6. The van der Waals surface area contributed by atoms with E-state index in [0.29, 0.717) is 54.7 Å². The Morgan fingerprint density at radius 3 is 1.64 bits per heavy atom. The molecule has 1 unspecified atom stereocenters. The summed E-state index contributed by atoms with van der Waals surface area (Å²) in [4.78, 5) is 0. The van der Waals surface area contributed by atoms with Crippen LogP contribution in [-0.2, 0) is 4.57 Å². The standard InChI is InChI=1S/C36H35O5P/c1-5-21-38-27-17-19-33(40-23-7-3)31(25-27)30-15-12-16-35(42(37)29-13-10-9-11-14-29)36(30)32-26-28(39-22-6-2)18-20-34(32)41-24-8-4/h5-20,25-26,42H,1-4,21-24H2. The van der Waals surface area contributed by atoms with Crippen LogP contribution in [-0.4, -0.2) is 26.4 Å². The predicted molar refractivity (Wildman–Crippen MR) is 175 cm³/mol. The molecule has 0 aliphatic carbocycles. The highest BCUT2D eigenvalue weighted by Crippen LogP contribution is 2.45. The summed E-state index contributed by atoms with van der Waals surface area (Å²) < 4.78 is 38.3. The van der Waals surface area contributed by atoms with Crippen molar-refractivity contribution in [1.29, 1.82) is 0 Å². The van der Waals surface area contributed by atoms with Gasteiger partial charge in [-0.2, -0.15) is 0 Å². The topological polar surface area (TPSA) is 54.0 Å². The van der Waals surface area contributed by atoms with Gasteiger partial charge in [-0.1, -0.05) is 99.2 Å². The van der Waals surface area contributed by atoms with Crippen molar-refractivity contribution >= 4 is 18.4 Å². The van der Waals surface area contributed by atoms with Crippen LogP contribution in [0.1, 0.15) is 0 Å². The smallest absolute Gasteiger partial charge is 0.132 e. The number of hydrogen-bond donors (Lipinski definition) is 0. The minimum Gasteiger partial charge on any atom is -0.490 e. The molecule has 4 aromatic rings. The van der Waals surface area contributed by atoms with E-state index in [2.05, 4.69) is 26.3 Å². The lowest BCUT2D eigenvalue weighted by Gasteiger charge is -2.21. The molecule has 4 rings (SSSR count). The average Bonchev–Trinajstić information content (AvgIpc) is 3.04. The third-order valence-corrected chi connectivity index (χ3v) is 8.02. The summed E-state index contributed by atoms with van der Waals surface area (Å²) in [5.41, 5.74) is 3.04. The third-order valence-electron chi connectivity index (χ3n) is 6.26. The maximum atomic E-state index is 14.3. The lowest BCUT2D eigenvalue weighted by molar-refractivity contribution is 0.354. The number of ether oxygens (including phenoxy) is 4. The van der Waals surface area contributed by atoms with Gasteiger partial charge in [-0.25, -0.2) is 0 Å². The van der Waals surface area contributed by atoms with Crippen LogP contribution in [0.3, 0.4) is 0 Å². The van der Waals surface area contributed by atoms with Crippen molar-refractivity contribution in [1.82, 2.24) is 0 Å². The van der Waals surface area contributed by atoms with Gasteiger partial charge < -0.3 is 23.5 Å². The quantitative estimate of drug-likeness (QED) is 0.100. The van der Waals surface area contributed by atoms with Crippen LogP contribution in [0.25, 0.3) is 22.3 Å². The molecule has 0 amide bonds. The van der Waals surface area contributed by atoms with Crippen molar-refractivity contribution in [2.24, 2.45) is 0 Å². The summed E-state index contributed by atoms with van der Waals surface area (Å²) in [5, 5.41) is 1.43. The van der Waals surface area contributed by atoms with Crippen molar-refractivity contribution in [2.75, 3.05) is 26.4 Å². The summed E-state index contributed by atoms with van der Waals surface area (Å²) in [6.07, 6.45) is 6.76. The molecule has 0 aromatic heterocycles. The summed E-state index contributed by atoms with van der Waals surface area (Å²) >= 11 is 0. The molecule has 0 bridgehead atoms. The maximum Gasteiger partial charge on any atom is 0.132 e. The molecule has 0 saturated heterocycles. The van der Waals surface area contributed by atoms with E-state index < -0.39 is 7.80 Å². The number of benzene rings is 4. The molecule has 0 aliphatic rings. The first kappa shape index (κ1) is 30.2. The summed E-state index contributed by atoms with van der Waals surface area (Å²) in [6, 6.07) is 26.5. The molecule has 4 aromatic carbocycles. The van der Waals surface area contributed by atoms with Gasteiger partial charge in [0.05, 0.1) is 0 Å². The van der Waals surface area contributed by atoms with Crippen molar-refractivity contribution in [2.45, 2.75) is 0 Å². The van der Waals surface area contributed by atoms with E-state index in [-0.39, 0.29) is 0 Å². The first-order valence-corrected chi connectivity index (χ1v) is 15.0. The molecule has 0 heterocycles. The second kappa shape index (κ2) is 15.3. The van der Waals surface area contributed by atoms with E-state index in [1.165, 1.54) is 0 Å². The molecule has 5 nitrogen and oxygen atoms in total. The summed E-state index contributed by atoms with van der Waals surface area (Å²) in [6.45, 7) is 16.4. The molecule has 1 atom stereocenters. The maximum absolute atomic E-state index is 14.3. The Labute approximate surface area is 248 Å². The Kier molecular flexibility index (Phi) is 11.0. The first-order chi connectivity index (χ1) is 20.6. The van der Waals surface area contributed by atoms with Gasteiger partial charge >= 0.3 is 0 Å². The Hall–Kier alpha value is -4.73. The molecule has 0 aliphatic heterocycles. The molecule has 0 N–H and O–H groups in total. The molecular formula is C36H35O5P. The second-order valence-electron chi connectivity index (χ2n) is 9.14. The Morgan fingerprint density at radius 1 is 0.548 bits per heavy atom. The van der Waals surface area contributed by atoms with Crippen molar-refractivity contribution in [3.63, 3.8) is 0 Å². The molecule has 0 saturated carbocycles. The largest absolute Gasteiger partial charge is 0.490 e. The number of hydrogen-bond acceptors (Lipinski definition) is 5. The van der Waals surface area contributed by atoms with E-state index in [0.717, 1.165) is 27.6 Å². The van der Waals surface area contributed by atoms with Gasteiger partial charge in [0.1, 0.15) is 57.2 Å². The molecule has 0 fully saturated rings. The molecular weight excluding hydrogens is 543 g/mol. The van der Waals surface area contributed by atoms with Gasteiger partial charge in [-0.3, -0.25) is 0 Å². The fourth-order valence-corrected chi connectivity index (χ4v) is 6.01. The zero-order valence-electron chi connectivity index (χ0n) is 23.6. The SMILES string of the molecule is C=CCOc1ccc(OCC=C)c(-c2cccc([PH](=O)c3ccccc3)c2-c2cc(OCC=C)ccc2OCC=C)c1. The Morgan fingerprint density at radius 2 is 1.07 bits per heavy atom. The van der Waals surface area contributed by atoms with E-state index in [1.54, 1.807) is 24.3 Å². The van der Waals surface area contributed by atoms with E-state index in [1.807, 2.05) is 84.9 Å². The van der Waals surface area contributed by atoms with Crippen molar-refractivity contribution in [3.8, 4) is 45.3 Å². The molecule has 0 radical (unpaired) electrons. The normalized spacial score (nSPS) is 11.1. The van der Waals surface area contributed by atoms with Crippen molar-refractivity contribution < 1.29 is 23.5 Å². The minimum absolute atomic E-state index is 0.295. The predicted octanol–water partition coefficient (Wildman–Crippen LogP) is 7.79. The van der Waals surface area contributed by atoms with Gasteiger partial charge in [0.2, 0.25) is 0 Å². The summed E-state index contributed by atoms with van der Waals surface area (Å²) in [7, 11) is -2.45. The highest BCUT2D eigenvalue weighted by atomic mass is 31.1. The molecule has 6 heteroatoms. The third kappa shape index (κ3) is 7.31. The van der Waals surface area contributed by atoms with Crippen LogP contribution in [0.5, 0.6) is 23.0 Å². The van der Waals surface area contributed by atoms with Crippen LogP contribution < -0.4 is 29.6 Å². The van der Waals surface area contributed by atoms with Gasteiger partial charge in [-0.05, 0) is 42.0 Å². The molecule has 42 heavy (non-hydrogen) atoms. The van der Waals surface area contributed by atoms with Gasteiger partial charge in [0, 0.05) is 27.3 Å². The zero-order chi connectivity index (χ0) is 29.7. The average molecular weight is 579 g/mol. The van der Waals surface area contributed by atoms with Crippen LogP contribution in [0, 0.1) is 0 Å². The fraction of sp³-hybridized carbons (Fsp3) is 0.111. The van der Waals surface area contributed by atoms with Crippen LogP contribution in [0.2, 0.25) is 0 Å². The zero-order valence-corrected chi connectivity index (χ0v) is 24.6. The van der Waals surface area contributed by atoms with Crippen LogP contribution >= 0.6 is 7.80 Å². The fourth-order valence-electron chi connectivity index (χ4n) is 4.46. The van der Waals surface area contributed by atoms with Crippen LogP contribution in [0.4, 0.5) is 0 Å².